The fourth-order valence-corrected chi connectivity index (χ4v) is 4.32. The highest BCUT2D eigenvalue weighted by Crippen LogP contribution is 2.33. The molecule has 4 rings (SSSR count). The standard InChI is InChI=1S/C12H7NO2.C7H14O3S/c14-11-8-5-1-3-7-4-2-6-9(10(7)8)12(15)13-11;1-7(11(8,9)10)5-3-2-4-6-7/h1-6H,(H,13,14,15);2-6H2,1H3,(H,8,9,10). The van der Waals surface area contributed by atoms with Gasteiger partial charge in [0.05, 0.1) is 4.75 Å². The van der Waals surface area contributed by atoms with Gasteiger partial charge >= 0.3 is 0 Å². The van der Waals surface area contributed by atoms with E-state index in [0.717, 1.165) is 30.0 Å². The van der Waals surface area contributed by atoms with Gasteiger partial charge in [0.1, 0.15) is 0 Å². The van der Waals surface area contributed by atoms with Gasteiger partial charge in [0.2, 0.25) is 0 Å². The molecule has 0 saturated heterocycles. The molecule has 0 unspecified atom stereocenters. The molecular formula is C19H21NO5S. The number of carbonyl (C=O) groups is 2. The molecule has 1 aliphatic heterocycles. The predicted molar refractivity (Wildman–Crippen MR) is 98.8 cm³/mol. The molecule has 2 aromatic rings. The average molecular weight is 375 g/mol. The van der Waals surface area contributed by atoms with Crippen LogP contribution in [0, 0.1) is 0 Å². The van der Waals surface area contributed by atoms with E-state index in [1.54, 1.807) is 19.1 Å². The van der Waals surface area contributed by atoms with Crippen LogP contribution < -0.4 is 5.32 Å². The van der Waals surface area contributed by atoms with Crippen molar-refractivity contribution in [2.24, 2.45) is 0 Å². The van der Waals surface area contributed by atoms with Gasteiger partial charge in [-0.1, -0.05) is 43.5 Å². The maximum atomic E-state index is 11.6. The summed E-state index contributed by atoms with van der Waals surface area (Å²) in [4.78, 5) is 23.1. The lowest BCUT2D eigenvalue weighted by Gasteiger charge is -2.29. The van der Waals surface area contributed by atoms with Crippen molar-refractivity contribution in [3.05, 3.63) is 47.5 Å². The zero-order valence-corrected chi connectivity index (χ0v) is 15.3. The first-order valence-electron chi connectivity index (χ1n) is 8.57. The van der Waals surface area contributed by atoms with Crippen LogP contribution in [0.3, 0.4) is 0 Å². The van der Waals surface area contributed by atoms with E-state index in [0.29, 0.717) is 24.0 Å². The quantitative estimate of drug-likeness (QED) is 0.588. The van der Waals surface area contributed by atoms with Gasteiger partial charge in [-0.25, -0.2) is 0 Å². The second-order valence-corrected chi connectivity index (χ2v) is 8.91. The Kier molecular flexibility index (Phi) is 4.86. The molecule has 2 aliphatic rings. The Hall–Kier alpha value is -2.25. The molecule has 6 nitrogen and oxygen atoms in total. The number of nitrogens with one attached hydrogen (secondary N) is 1. The number of imide groups is 1. The third-order valence-electron chi connectivity index (χ3n) is 5.15. The molecule has 2 N–H and O–H groups in total. The van der Waals surface area contributed by atoms with E-state index in [9.17, 15) is 18.0 Å². The first-order valence-corrected chi connectivity index (χ1v) is 10.0. The van der Waals surface area contributed by atoms with Crippen molar-refractivity contribution in [3.8, 4) is 0 Å². The van der Waals surface area contributed by atoms with Crippen LogP contribution in [0.1, 0.15) is 59.7 Å². The molecule has 138 valence electrons. The summed E-state index contributed by atoms with van der Waals surface area (Å²) in [6.45, 7) is 1.63. The van der Waals surface area contributed by atoms with Crippen LogP contribution in [0.4, 0.5) is 0 Å². The summed E-state index contributed by atoms with van der Waals surface area (Å²) in [5.74, 6) is -0.631. The lowest BCUT2D eigenvalue weighted by atomic mass is 9.90. The van der Waals surface area contributed by atoms with Crippen molar-refractivity contribution in [3.63, 3.8) is 0 Å². The molecule has 0 spiro atoms. The van der Waals surface area contributed by atoms with Gasteiger partial charge < -0.3 is 0 Å². The minimum absolute atomic E-state index is 0.315. The van der Waals surface area contributed by atoms with E-state index in [1.165, 1.54) is 0 Å². The zero-order chi connectivity index (χ0) is 18.9. The number of benzene rings is 2. The van der Waals surface area contributed by atoms with Crippen LogP contribution in [0.5, 0.6) is 0 Å². The summed E-state index contributed by atoms with van der Waals surface area (Å²) in [5, 5.41) is 4.00. The Balaban J connectivity index is 0.000000160. The first kappa shape index (κ1) is 18.5. The number of amides is 2. The second kappa shape index (κ2) is 6.81. The van der Waals surface area contributed by atoms with Gasteiger partial charge in [0.15, 0.2) is 0 Å². The highest BCUT2D eigenvalue weighted by Gasteiger charge is 2.38. The van der Waals surface area contributed by atoms with E-state index in [-0.39, 0.29) is 11.8 Å². The van der Waals surface area contributed by atoms with Crippen molar-refractivity contribution in [2.75, 3.05) is 0 Å². The summed E-state index contributed by atoms with van der Waals surface area (Å²) in [6.07, 6.45) is 4.12. The van der Waals surface area contributed by atoms with Gasteiger partial charge in [-0.05, 0) is 37.3 Å². The minimum atomic E-state index is -3.83. The van der Waals surface area contributed by atoms with Gasteiger partial charge in [-0.3, -0.25) is 19.5 Å². The molecular weight excluding hydrogens is 354 g/mol. The highest BCUT2D eigenvalue weighted by atomic mass is 32.2. The Morgan fingerprint density at radius 1 is 0.923 bits per heavy atom. The Labute approximate surface area is 152 Å². The van der Waals surface area contributed by atoms with Crippen molar-refractivity contribution < 1.29 is 22.6 Å². The van der Waals surface area contributed by atoms with Crippen LogP contribution in [0.15, 0.2) is 36.4 Å². The molecule has 1 heterocycles. The molecule has 1 fully saturated rings. The zero-order valence-electron chi connectivity index (χ0n) is 14.5. The fourth-order valence-electron chi connectivity index (χ4n) is 3.51. The number of hydrogen-bond donors (Lipinski definition) is 2. The fraction of sp³-hybridized carbons (Fsp3) is 0.368. The molecule has 0 aromatic heterocycles. The molecule has 1 saturated carbocycles. The number of rotatable bonds is 1. The molecule has 1 aliphatic carbocycles. The molecule has 2 aromatic carbocycles. The third kappa shape index (κ3) is 3.37. The van der Waals surface area contributed by atoms with Crippen LogP contribution in [-0.2, 0) is 10.1 Å². The maximum Gasteiger partial charge on any atom is 0.270 e. The van der Waals surface area contributed by atoms with Crippen LogP contribution in [0.2, 0.25) is 0 Å². The van der Waals surface area contributed by atoms with Crippen molar-refractivity contribution in [1.29, 1.82) is 0 Å². The van der Waals surface area contributed by atoms with E-state index >= 15 is 0 Å². The molecule has 2 amide bonds. The predicted octanol–water partition coefficient (Wildman–Crippen LogP) is 3.32. The summed E-state index contributed by atoms with van der Waals surface area (Å²) in [7, 11) is -3.83. The van der Waals surface area contributed by atoms with Gasteiger partial charge in [0, 0.05) is 16.5 Å². The summed E-state index contributed by atoms with van der Waals surface area (Å²) in [5.41, 5.74) is 1.14. The smallest absolute Gasteiger partial charge is 0.270 e. The van der Waals surface area contributed by atoms with E-state index in [4.69, 9.17) is 4.55 Å². The van der Waals surface area contributed by atoms with E-state index in [2.05, 4.69) is 5.32 Å². The maximum absolute atomic E-state index is 11.6. The molecule has 26 heavy (non-hydrogen) atoms. The lowest BCUT2D eigenvalue weighted by Crippen LogP contribution is -2.36. The van der Waals surface area contributed by atoms with E-state index in [1.807, 2.05) is 24.3 Å². The second-order valence-electron chi connectivity index (χ2n) is 6.98. The Morgan fingerprint density at radius 2 is 1.42 bits per heavy atom. The summed E-state index contributed by atoms with van der Waals surface area (Å²) < 4.78 is 29.7. The van der Waals surface area contributed by atoms with Gasteiger partial charge in [0.25, 0.3) is 21.9 Å². The van der Waals surface area contributed by atoms with Gasteiger partial charge in [-0.2, -0.15) is 8.42 Å². The molecule has 0 bridgehead atoms. The largest absolute Gasteiger partial charge is 0.288 e. The molecule has 0 atom stereocenters. The van der Waals surface area contributed by atoms with Crippen LogP contribution in [-0.4, -0.2) is 29.5 Å². The first-order chi connectivity index (χ1) is 12.2. The normalized spacial score (nSPS) is 18.7. The van der Waals surface area contributed by atoms with Gasteiger partial charge in [-0.15, -0.1) is 0 Å². The minimum Gasteiger partial charge on any atom is -0.288 e. The summed E-state index contributed by atoms with van der Waals surface area (Å²) >= 11 is 0. The highest BCUT2D eigenvalue weighted by molar-refractivity contribution is 7.87. The Morgan fingerprint density at radius 3 is 1.85 bits per heavy atom. The Bertz CT molecular complexity index is 926. The monoisotopic (exact) mass is 375 g/mol. The number of hydrogen-bond acceptors (Lipinski definition) is 4. The average Bonchev–Trinajstić information content (AvgIpc) is 2.60. The third-order valence-corrected chi connectivity index (χ3v) is 6.81. The van der Waals surface area contributed by atoms with E-state index < -0.39 is 14.9 Å². The van der Waals surface area contributed by atoms with Crippen LogP contribution in [0.25, 0.3) is 10.8 Å². The topological polar surface area (TPSA) is 101 Å². The SMILES string of the molecule is CC1(S(=O)(=O)O)CCCCC1.O=C1NC(=O)c2cccc3cccc1c23. The lowest BCUT2D eigenvalue weighted by molar-refractivity contribution is 0.0845. The number of carbonyl (C=O) groups excluding carboxylic acids is 2. The van der Waals surface area contributed by atoms with Crippen molar-refractivity contribution in [2.45, 2.75) is 43.8 Å². The molecule has 7 heteroatoms. The van der Waals surface area contributed by atoms with Crippen molar-refractivity contribution in [1.82, 2.24) is 5.32 Å². The molecule has 0 radical (unpaired) electrons. The van der Waals surface area contributed by atoms with Crippen LogP contribution >= 0.6 is 0 Å². The van der Waals surface area contributed by atoms with Crippen molar-refractivity contribution >= 4 is 32.7 Å². The summed E-state index contributed by atoms with van der Waals surface area (Å²) in [6, 6.07) is 10.9.